The maximum absolute atomic E-state index is 12.4. The van der Waals surface area contributed by atoms with Gasteiger partial charge in [0.15, 0.2) is 0 Å². The Bertz CT molecular complexity index is 694. The second-order valence-corrected chi connectivity index (χ2v) is 8.32. The quantitative estimate of drug-likeness (QED) is 0.898. The number of rotatable bonds is 5. The summed E-state index contributed by atoms with van der Waals surface area (Å²) in [4.78, 5) is 13.5. The third-order valence-electron chi connectivity index (χ3n) is 4.96. The van der Waals surface area contributed by atoms with Gasteiger partial charge in [-0.1, -0.05) is 25.7 Å². The molecule has 3 rings (SSSR count). The minimum Gasteiger partial charge on any atom is -0.312 e. The number of amides is 1. The Morgan fingerprint density at radius 3 is 2.74 bits per heavy atom. The fraction of sp³-hybridized carbons (Fsp3) is 0.588. The van der Waals surface area contributed by atoms with Crippen molar-refractivity contribution in [3.05, 3.63) is 23.8 Å². The first-order valence-electron chi connectivity index (χ1n) is 8.38. The van der Waals surface area contributed by atoms with E-state index in [-0.39, 0.29) is 5.91 Å². The zero-order valence-corrected chi connectivity index (χ0v) is 14.4. The van der Waals surface area contributed by atoms with Crippen molar-refractivity contribution >= 4 is 21.6 Å². The summed E-state index contributed by atoms with van der Waals surface area (Å²) in [5.74, 6) is 0.663. The lowest BCUT2D eigenvalue weighted by Gasteiger charge is -2.15. The molecule has 1 aliphatic heterocycles. The number of nitrogens with one attached hydrogen (secondary N) is 1. The molecule has 1 aromatic rings. The first-order valence-corrected chi connectivity index (χ1v) is 9.86. The molecule has 1 N–H and O–H groups in total. The number of sulfonamides is 1. The summed E-state index contributed by atoms with van der Waals surface area (Å²) in [6, 6.07) is 5.05. The molecule has 0 bridgehead atoms. The van der Waals surface area contributed by atoms with Gasteiger partial charge in [-0.25, -0.2) is 13.1 Å². The molecule has 1 aliphatic carbocycles. The van der Waals surface area contributed by atoms with Gasteiger partial charge in [0, 0.05) is 25.7 Å². The van der Waals surface area contributed by atoms with Crippen LogP contribution in [0.1, 0.15) is 44.6 Å². The molecule has 0 unspecified atom stereocenters. The van der Waals surface area contributed by atoms with Crippen LogP contribution in [-0.2, 0) is 21.2 Å². The second kappa shape index (κ2) is 6.61. The SMILES string of the molecule is CC(=O)N1CCc2cc(S(=O)(=O)NCCC3CCCC3)ccc21. The van der Waals surface area contributed by atoms with Gasteiger partial charge in [-0.15, -0.1) is 0 Å². The van der Waals surface area contributed by atoms with Gasteiger partial charge in [0.05, 0.1) is 4.90 Å². The van der Waals surface area contributed by atoms with Gasteiger partial charge >= 0.3 is 0 Å². The molecule has 1 amide bonds. The fourth-order valence-corrected chi connectivity index (χ4v) is 4.75. The van der Waals surface area contributed by atoms with Crippen molar-refractivity contribution in [3.63, 3.8) is 0 Å². The van der Waals surface area contributed by atoms with E-state index in [9.17, 15) is 13.2 Å². The smallest absolute Gasteiger partial charge is 0.240 e. The van der Waals surface area contributed by atoms with Crippen molar-refractivity contribution < 1.29 is 13.2 Å². The minimum absolute atomic E-state index is 0.00551. The van der Waals surface area contributed by atoms with Crippen molar-refractivity contribution in [2.75, 3.05) is 18.0 Å². The number of benzene rings is 1. The molecule has 1 heterocycles. The maximum atomic E-state index is 12.4. The maximum Gasteiger partial charge on any atom is 0.240 e. The van der Waals surface area contributed by atoms with Crippen molar-refractivity contribution in [2.45, 2.75) is 50.3 Å². The number of hydrogen-bond donors (Lipinski definition) is 1. The average molecular weight is 336 g/mol. The van der Waals surface area contributed by atoms with E-state index in [1.54, 1.807) is 23.1 Å². The summed E-state index contributed by atoms with van der Waals surface area (Å²) in [5, 5.41) is 0. The molecule has 6 heteroatoms. The molecule has 0 atom stereocenters. The van der Waals surface area contributed by atoms with Crippen LogP contribution in [0.25, 0.3) is 0 Å². The predicted molar refractivity (Wildman–Crippen MR) is 89.9 cm³/mol. The zero-order valence-electron chi connectivity index (χ0n) is 13.5. The molecule has 23 heavy (non-hydrogen) atoms. The summed E-state index contributed by atoms with van der Waals surface area (Å²) < 4.78 is 27.6. The van der Waals surface area contributed by atoms with E-state index in [4.69, 9.17) is 0 Å². The Labute approximate surface area is 138 Å². The largest absolute Gasteiger partial charge is 0.312 e. The Hall–Kier alpha value is -1.40. The number of fused-ring (bicyclic) bond motifs is 1. The van der Waals surface area contributed by atoms with Crippen LogP contribution in [0.2, 0.25) is 0 Å². The molecule has 5 nitrogen and oxygen atoms in total. The van der Waals surface area contributed by atoms with Crippen LogP contribution in [0.4, 0.5) is 5.69 Å². The van der Waals surface area contributed by atoms with Crippen molar-refractivity contribution in [1.82, 2.24) is 4.72 Å². The normalized spacial score (nSPS) is 18.4. The molecule has 0 spiro atoms. The number of carbonyl (C=O) groups is 1. The molecule has 2 aliphatic rings. The highest BCUT2D eigenvalue weighted by Crippen LogP contribution is 2.30. The molecule has 126 valence electrons. The molecule has 1 saturated carbocycles. The molecule has 1 fully saturated rings. The number of nitrogens with zero attached hydrogens (tertiary/aromatic N) is 1. The van der Waals surface area contributed by atoms with E-state index >= 15 is 0 Å². The van der Waals surface area contributed by atoms with E-state index in [2.05, 4.69) is 4.72 Å². The predicted octanol–water partition coefficient (Wildman–Crippen LogP) is 2.45. The van der Waals surface area contributed by atoms with E-state index in [1.807, 2.05) is 0 Å². The van der Waals surface area contributed by atoms with Gasteiger partial charge in [-0.3, -0.25) is 4.79 Å². The second-order valence-electron chi connectivity index (χ2n) is 6.55. The van der Waals surface area contributed by atoms with Crippen LogP contribution in [-0.4, -0.2) is 27.4 Å². The summed E-state index contributed by atoms with van der Waals surface area (Å²) in [5.41, 5.74) is 1.77. The summed E-state index contributed by atoms with van der Waals surface area (Å²) in [6.07, 6.45) is 6.62. The lowest BCUT2D eigenvalue weighted by atomic mass is 10.1. The Balaban J connectivity index is 1.67. The summed E-state index contributed by atoms with van der Waals surface area (Å²) >= 11 is 0. The zero-order chi connectivity index (χ0) is 16.4. The van der Waals surface area contributed by atoms with Crippen molar-refractivity contribution in [2.24, 2.45) is 5.92 Å². The van der Waals surface area contributed by atoms with Crippen LogP contribution in [0.15, 0.2) is 23.1 Å². The summed E-state index contributed by atoms with van der Waals surface area (Å²) in [6.45, 7) is 2.66. The van der Waals surface area contributed by atoms with Gasteiger partial charge in [0.1, 0.15) is 0 Å². The molecular weight excluding hydrogens is 312 g/mol. The third kappa shape index (κ3) is 3.58. The monoisotopic (exact) mass is 336 g/mol. The van der Waals surface area contributed by atoms with Crippen molar-refractivity contribution in [3.8, 4) is 0 Å². The van der Waals surface area contributed by atoms with Gasteiger partial charge in [-0.05, 0) is 42.5 Å². The molecule has 0 aromatic heterocycles. The number of hydrogen-bond acceptors (Lipinski definition) is 3. The first-order chi connectivity index (χ1) is 11.0. The Morgan fingerprint density at radius 2 is 2.04 bits per heavy atom. The fourth-order valence-electron chi connectivity index (χ4n) is 3.65. The molecule has 1 aromatic carbocycles. The topological polar surface area (TPSA) is 66.5 Å². The Kier molecular flexibility index (Phi) is 4.73. The lowest BCUT2D eigenvalue weighted by molar-refractivity contribution is -0.116. The molecule has 0 saturated heterocycles. The van der Waals surface area contributed by atoms with Gasteiger partial charge in [0.25, 0.3) is 0 Å². The standard InChI is InChI=1S/C17H24N2O3S/c1-13(20)19-11-9-15-12-16(6-7-17(15)19)23(21,22)18-10-8-14-4-2-3-5-14/h6-7,12,14,18H,2-5,8-11H2,1H3. The number of anilines is 1. The summed E-state index contributed by atoms with van der Waals surface area (Å²) in [7, 11) is -3.46. The van der Waals surface area contributed by atoms with Crippen LogP contribution in [0.5, 0.6) is 0 Å². The minimum atomic E-state index is -3.46. The van der Waals surface area contributed by atoms with Crippen LogP contribution in [0, 0.1) is 5.92 Å². The number of carbonyl (C=O) groups excluding carboxylic acids is 1. The van der Waals surface area contributed by atoms with Gasteiger partial charge in [0.2, 0.25) is 15.9 Å². The van der Waals surface area contributed by atoms with Crippen LogP contribution in [0.3, 0.4) is 0 Å². The Morgan fingerprint density at radius 1 is 1.30 bits per heavy atom. The van der Waals surface area contributed by atoms with Crippen LogP contribution < -0.4 is 9.62 Å². The van der Waals surface area contributed by atoms with Crippen LogP contribution >= 0.6 is 0 Å². The van der Waals surface area contributed by atoms with Crippen molar-refractivity contribution in [1.29, 1.82) is 0 Å². The average Bonchev–Trinajstić information content (AvgIpc) is 3.15. The van der Waals surface area contributed by atoms with E-state index in [1.165, 1.54) is 32.6 Å². The van der Waals surface area contributed by atoms with Gasteiger partial charge in [-0.2, -0.15) is 0 Å². The van der Waals surface area contributed by atoms with E-state index < -0.39 is 10.0 Å². The first kappa shape index (κ1) is 16.5. The van der Waals surface area contributed by atoms with Gasteiger partial charge < -0.3 is 4.90 Å². The van der Waals surface area contributed by atoms with E-state index in [0.29, 0.717) is 30.3 Å². The lowest BCUT2D eigenvalue weighted by Crippen LogP contribution is -2.26. The highest BCUT2D eigenvalue weighted by Gasteiger charge is 2.25. The highest BCUT2D eigenvalue weighted by atomic mass is 32.2. The molecular formula is C17H24N2O3S. The highest BCUT2D eigenvalue weighted by molar-refractivity contribution is 7.89. The van der Waals surface area contributed by atoms with E-state index in [0.717, 1.165) is 17.7 Å². The molecule has 0 radical (unpaired) electrons. The third-order valence-corrected chi connectivity index (χ3v) is 6.42.